The Morgan fingerprint density at radius 3 is 2.75 bits per heavy atom. The molecule has 0 heterocycles. The van der Waals surface area contributed by atoms with Gasteiger partial charge >= 0.3 is 5.97 Å². The van der Waals surface area contributed by atoms with Crippen LogP contribution in [-0.2, 0) is 4.79 Å². The van der Waals surface area contributed by atoms with Gasteiger partial charge < -0.3 is 10.2 Å². The van der Waals surface area contributed by atoms with Crippen molar-refractivity contribution in [1.82, 2.24) is 0 Å². The lowest BCUT2D eigenvalue weighted by Crippen LogP contribution is -2.25. The summed E-state index contributed by atoms with van der Waals surface area (Å²) in [6.45, 7) is 2.10. The lowest BCUT2D eigenvalue weighted by atomic mass is 9.95. The van der Waals surface area contributed by atoms with Gasteiger partial charge in [-0.05, 0) is 31.6 Å². The molecule has 0 aliphatic heterocycles. The molecule has 0 saturated heterocycles. The maximum atomic E-state index is 10.3. The van der Waals surface area contributed by atoms with E-state index >= 15 is 0 Å². The lowest BCUT2D eigenvalue weighted by molar-refractivity contribution is -0.138. The second-order valence-electron chi connectivity index (χ2n) is 3.97. The van der Waals surface area contributed by atoms with E-state index in [9.17, 15) is 9.90 Å². The SMILES string of the molecule is CC1CCC(O)(CCC(=O)O)C1. The van der Waals surface area contributed by atoms with Crippen molar-refractivity contribution in [2.24, 2.45) is 5.92 Å². The molecule has 3 nitrogen and oxygen atoms in total. The minimum Gasteiger partial charge on any atom is -0.481 e. The number of carbonyl (C=O) groups is 1. The second-order valence-corrected chi connectivity index (χ2v) is 3.97. The minimum atomic E-state index is -0.817. The summed E-state index contributed by atoms with van der Waals surface area (Å²) in [4.78, 5) is 10.3. The topological polar surface area (TPSA) is 57.5 Å². The Bertz CT molecular complexity index is 179. The zero-order valence-electron chi connectivity index (χ0n) is 7.42. The number of carboxylic acids is 1. The maximum Gasteiger partial charge on any atom is 0.303 e. The molecule has 0 bridgehead atoms. The first-order valence-electron chi connectivity index (χ1n) is 4.46. The molecular weight excluding hydrogens is 156 g/mol. The third-order valence-corrected chi connectivity index (χ3v) is 2.64. The summed E-state index contributed by atoms with van der Waals surface area (Å²) in [6.07, 6.45) is 3.05. The van der Waals surface area contributed by atoms with Gasteiger partial charge in [0.15, 0.2) is 0 Å². The predicted molar refractivity (Wildman–Crippen MR) is 44.8 cm³/mol. The van der Waals surface area contributed by atoms with Crippen LogP contribution in [0.1, 0.15) is 39.0 Å². The fourth-order valence-electron chi connectivity index (χ4n) is 1.93. The highest BCUT2D eigenvalue weighted by Gasteiger charge is 2.35. The molecule has 12 heavy (non-hydrogen) atoms. The van der Waals surface area contributed by atoms with Gasteiger partial charge in [0, 0.05) is 6.42 Å². The Balaban J connectivity index is 2.35. The van der Waals surface area contributed by atoms with E-state index in [1.807, 2.05) is 0 Å². The average Bonchev–Trinajstić information content (AvgIpc) is 2.29. The molecule has 0 amide bonds. The van der Waals surface area contributed by atoms with Crippen molar-refractivity contribution < 1.29 is 15.0 Å². The quantitative estimate of drug-likeness (QED) is 0.676. The van der Waals surface area contributed by atoms with Crippen molar-refractivity contribution in [2.75, 3.05) is 0 Å². The Labute approximate surface area is 72.4 Å². The average molecular weight is 172 g/mol. The van der Waals surface area contributed by atoms with Crippen LogP contribution < -0.4 is 0 Å². The van der Waals surface area contributed by atoms with Gasteiger partial charge in [-0.2, -0.15) is 0 Å². The van der Waals surface area contributed by atoms with Gasteiger partial charge in [-0.1, -0.05) is 6.92 Å². The molecule has 3 heteroatoms. The van der Waals surface area contributed by atoms with E-state index in [4.69, 9.17) is 5.11 Å². The van der Waals surface area contributed by atoms with E-state index in [1.165, 1.54) is 0 Å². The van der Waals surface area contributed by atoms with Crippen LogP contribution in [0.4, 0.5) is 0 Å². The maximum absolute atomic E-state index is 10.3. The third kappa shape index (κ3) is 2.48. The molecule has 2 N–H and O–H groups in total. The largest absolute Gasteiger partial charge is 0.481 e. The highest BCUT2D eigenvalue weighted by Crippen LogP contribution is 2.37. The molecule has 0 aromatic rings. The molecule has 1 saturated carbocycles. The first-order chi connectivity index (χ1) is 5.52. The Hall–Kier alpha value is -0.570. The van der Waals surface area contributed by atoms with Crippen molar-refractivity contribution in [1.29, 1.82) is 0 Å². The number of carboxylic acid groups (broad SMARTS) is 1. The molecule has 70 valence electrons. The van der Waals surface area contributed by atoms with Gasteiger partial charge in [-0.25, -0.2) is 0 Å². The molecule has 0 spiro atoms. The summed E-state index contributed by atoms with van der Waals surface area (Å²) >= 11 is 0. The molecule has 0 aromatic carbocycles. The molecule has 1 fully saturated rings. The summed E-state index contributed by atoms with van der Waals surface area (Å²) in [5, 5.41) is 18.3. The van der Waals surface area contributed by atoms with Crippen LogP contribution in [0.2, 0.25) is 0 Å². The van der Waals surface area contributed by atoms with Gasteiger partial charge in [-0.3, -0.25) is 4.79 Å². The molecule has 2 atom stereocenters. The van der Waals surface area contributed by atoms with Gasteiger partial charge in [0.2, 0.25) is 0 Å². The van der Waals surface area contributed by atoms with Crippen LogP contribution in [-0.4, -0.2) is 21.8 Å². The van der Waals surface area contributed by atoms with Crippen molar-refractivity contribution in [2.45, 2.75) is 44.6 Å². The van der Waals surface area contributed by atoms with E-state index in [1.54, 1.807) is 0 Å². The number of hydrogen-bond donors (Lipinski definition) is 2. The summed E-state index contributed by atoms with van der Waals surface area (Å²) in [6, 6.07) is 0. The van der Waals surface area contributed by atoms with Gasteiger partial charge in [-0.15, -0.1) is 0 Å². The molecular formula is C9H16O3. The van der Waals surface area contributed by atoms with Crippen LogP contribution in [0.15, 0.2) is 0 Å². The third-order valence-electron chi connectivity index (χ3n) is 2.64. The normalized spacial score (nSPS) is 35.3. The van der Waals surface area contributed by atoms with Crippen molar-refractivity contribution in [3.05, 3.63) is 0 Å². The summed E-state index contributed by atoms with van der Waals surface area (Å²) in [5.74, 6) is -0.272. The van der Waals surface area contributed by atoms with E-state index in [2.05, 4.69) is 6.92 Å². The highest BCUT2D eigenvalue weighted by molar-refractivity contribution is 5.66. The molecule has 1 aliphatic rings. The first kappa shape index (κ1) is 9.52. The number of hydrogen-bond acceptors (Lipinski definition) is 2. The van der Waals surface area contributed by atoms with Crippen molar-refractivity contribution in [3.8, 4) is 0 Å². The molecule has 0 radical (unpaired) electrons. The second kappa shape index (κ2) is 3.44. The van der Waals surface area contributed by atoms with Crippen molar-refractivity contribution >= 4 is 5.97 Å². The Kier molecular flexibility index (Phi) is 2.73. The van der Waals surface area contributed by atoms with Crippen LogP contribution in [0, 0.1) is 5.92 Å². The van der Waals surface area contributed by atoms with E-state index in [-0.39, 0.29) is 6.42 Å². The van der Waals surface area contributed by atoms with Crippen LogP contribution in [0.3, 0.4) is 0 Å². The fraction of sp³-hybridized carbons (Fsp3) is 0.889. The zero-order valence-corrected chi connectivity index (χ0v) is 7.42. The number of rotatable bonds is 3. The van der Waals surface area contributed by atoms with Crippen molar-refractivity contribution in [3.63, 3.8) is 0 Å². The lowest BCUT2D eigenvalue weighted by Gasteiger charge is -2.21. The predicted octanol–water partition coefficient (Wildman–Crippen LogP) is 1.40. The van der Waals surface area contributed by atoms with E-state index in [0.717, 1.165) is 19.3 Å². The molecule has 1 aliphatic carbocycles. The monoisotopic (exact) mass is 172 g/mol. The van der Waals surface area contributed by atoms with Crippen LogP contribution in [0.25, 0.3) is 0 Å². The molecule has 1 rings (SSSR count). The Morgan fingerprint density at radius 1 is 1.67 bits per heavy atom. The summed E-state index contributed by atoms with van der Waals surface area (Å²) in [5.41, 5.74) is -0.683. The standard InChI is InChI=1S/C9H16O3/c1-7-2-4-9(12,6-7)5-3-8(10)11/h7,12H,2-6H2,1H3,(H,10,11). The number of aliphatic carboxylic acids is 1. The zero-order chi connectivity index (χ0) is 9.19. The minimum absolute atomic E-state index is 0.0865. The van der Waals surface area contributed by atoms with Gasteiger partial charge in [0.25, 0.3) is 0 Å². The fourth-order valence-corrected chi connectivity index (χ4v) is 1.93. The van der Waals surface area contributed by atoms with E-state index < -0.39 is 11.6 Å². The smallest absolute Gasteiger partial charge is 0.303 e. The summed E-state index contributed by atoms with van der Waals surface area (Å²) < 4.78 is 0. The Morgan fingerprint density at radius 2 is 2.33 bits per heavy atom. The van der Waals surface area contributed by atoms with Gasteiger partial charge in [0.05, 0.1) is 5.60 Å². The van der Waals surface area contributed by atoms with Gasteiger partial charge in [0.1, 0.15) is 0 Å². The summed E-state index contributed by atoms with van der Waals surface area (Å²) in [7, 11) is 0. The van der Waals surface area contributed by atoms with Crippen LogP contribution in [0.5, 0.6) is 0 Å². The highest BCUT2D eigenvalue weighted by atomic mass is 16.4. The number of aliphatic hydroxyl groups is 1. The molecule has 2 unspecified atom stereocenters. The van der Waals surface area contributed by atoms with E-state index in [0.29, 0.717) is 12.3 Å². The molecule has 0 aromatic heterocycles. The van der Waals surface area contributed by atoms with Crippen LogP contribution >= 0.6 is 0 Å². The first-order valence-corrected chi connectivity index (χ1v) is 4.46.